The molecular weight excluding hydrogens is 256 g/mol. The zero-order valence-corrected chi connectivity index (χ0v) is 11.2. The van der Waals surface area contributed by atoms with Crippen LogP contribution in [0, 0.1) is 0 Å². The maximum atomic E-state index is 10.5. The van der Waals surface area contributed by atoms with E-state index >= 15 is 0 Å². The first-order chi connectivity index (χ1) is 8.70. The number of ether oxygens (including phenoxy) is 1. The van der Waals surface area contributed by atoms with Gasteiger partial charge in [-0.15, -0.1) is 0 Å². The van der Waals surface area contributed by atoms with Gasteiger partial charge in [-0.2, -0.15) is 0 Å². The number of rotatable bonds is 4. The van der Waals surface area contributed by atoms with Gasteiger partial charge in [-0.05, 0) is 20.3 Å². The van der Waals surface area contributed by atoms with Gasteiger partial charge in [0, 0.05) is 6.42 Å². The van der Waals surface area contributed by atoms with Crippen molar-refractivity contribution in [1.82, 2.24) is 0 Å². The van der Waals surface area contributed by atoms with E-state index in [0.29, 0.717) is 6.42 Å². The average molecular weight is 278 g/mol. The summed E-state index contributed by atoms with van der Waals surface area (Å²) in [4.78, 5) is 20.5. The molecule has 0 saturated carbocycles. The fourth-order valence-corrected chi connectivity index (χ4v) is 1.66. The number of carboxylic acid groups (broad SMARTS) is 1. The van der Waals surface area contributed by atoms with Crippen LogP contribution in [0.3, 0.4) is 0 Å². The summed E-state index contributed by atoms with van der Waals surface area (Å²) in [7, 11) is 0. The van der Waals surface area contributed by atoms with Crippen LogP contribution in [0.2, 0.25) is 0 Å². The van der Waals surface area contributed by atoms with Gasteiger partial charge in [-0.1, -0.05) is 0 Å². The highest BCUT2D eigenvalue weighted by atomic mass is 16.5. The van der Waals surface area contributed by atoms with Crippen LogP contribution >= 0.6 is 0 Å². The molecule has 2 unspecified atom stereocenters. The Bertz CT molecular complexity index is 278. The van der Waals surface area contributed by atoms with Crippen LogP contribution in [-0.2, 0) is 14.3 Å². The van der Waals surface area contributed by atoms with E-state index in [-0.39, 0.29) is 31.3 Å². The van der Waals surface area contributed by atoms with Gasteiger partial charge in [-0.3, -0.25) is 9.59 Å². The molecule has 112 valence electrons. The third-order valence-corrected chi connectivity index (χ3v) is 2.36. The van der Waals surface area contributed by atoms with Crippen LogP contribution < -0.4 is 0 Å². The lowest BCUT2D eigenvalue weighted by Crippen LogP contribution is -2.30. The van der Waals surface area contributed by atoms with E-state index in [1.165, 1.54) is 6.92 Å². The zero-order chi connectivity index (χ0) is 15.0. The topological polar surface area (TPSA) is 124 Å². The fourth-order valence-electron chi connectivity index (χ4n) is 1.66. The molecule has 0 radical (unpaired) electrons. The van der Waals surface area contributed by atoms with E-state index in [4.69, 9.17) is 25.2 Å². The summed E-state index contributed by atoms with van der Waals surface area (Å²) in [5.74, 6) is -1.34. The van der Waals surface area contributed by atoms with Crippen molar-refractivity contribution < 1.29 is 34.8 Å². The van der Waals surface area contributed by atoms with Gasteiger partial charge in [0.05, 0.1) is 31.2 Å². The zero-order valence-electron chi connectivity index (χ0n) is 11.2. The van der Waals surface area contributed by atoms with Crippen LogP contribution in [0.15, 0.2) is 0 Å². The molecular formula is C12H22O7. The lowest BCUT2D eigenvalue weighted by molar-refractivity contribution is -0.158. The molecule has 0 aromatic heterocycles. The van der Waals surface area contributed by atoms with Gasteiger partial charge in [0.1, 0.15) is 6.10 Å². The molecule has 19 heavy (non-hydrogen) atoms. The van der Waals surface area contributed by atoms with Crippen molar-refractivity contribution in [3.63, 3.8) is 0 Å². The van der Waals surface area contributed by atoms with E-state index in [9.17, 15) is 9.59 Å². The lowest BCUT2D eigenvalue weighted by Gasteiger charge is -2.22. The number of cyclic esters (lactones) is 1. The number of carbonyl (C=O) groups excluding carboxylic acids is 1. The Morgan fingerprint density at radius 2 is 2.05 bits per heavy atom. The van der Waals surface area contributed by atoms with Crippen LogP contribution in [0.5, 0.6) is 0 Å². The van der Waals surface area contributed by atoms with Crippen molar-refractivity contribution in [3.05, 3.63) is 0 Å². The first-order valence-corrected chi connectivity index (χ1v) is 6.16. The second-order valence-corrected chi connectivity index (χ2v) is 4.73. The molecule has 1 aliphatic heterocycles. The largest absolute Gasteiger partial charge is 0.481 e. The Balaban J connectivity index is 0.000000342. The normalized spacial score (nSPS) is 25.6. The monoisotopic (exact) mass is 278 g/mol. The maximum Gasteiger partial charge on any atom is 0.308 e. The summed E-state index contributed by atoms with van der Waals surface area (Å²) in [6.07, 6.45) is -1.62. The van der Waals surface area contributed by atoms with Crippen molar-refractivity contribution >= 4 is 11.9 Å². The molecule has 1 heterocycles. The van der Waals surface area contributed by atoms with Crippen molar-refractivity contribution in [2.75, 3.05) is 0 Å². The quantitative estimate of drug-likeness (QED) is 0.519. The standard InChI is InChI=1S/C6H12O4.C6H10O3/c1-4(7)2-5(8)3-6(9)10;1-4-2-5(7)3-6(8)9-4/h4-5,7-8H,2-3H2,1H3,(H,9,10);4-5,7H,2-3H2,1H3/t2*4?,5-/m11/s1. The van der Waals surface area contributed by atoms with Gasteiger partial charge in [0.15, 0.2) is 0 Å². The van der Waals surface area contributed by atoms with Crippen molar-refractivity contribution in [2.24, 2.45) is 0 Å². The third-order valence-electron chi connectivity index (χ3n) is 2.36. The molecule has 7 heteroatoms. The molecule has 7 nitrogen and oxygen atoms in total. The number of carbonyl (C=O) groups is 2. The molecule has 1 saturated heterocycles. The van der Waals surface area contributed by atoms with Crippen LogP contribution in [0.25, 0.3) is 0 Å². The van der Waals surface area contributed by atoms with E-state index in [1.54, 1.807) is 6.92 Å². The van der Waals surface area contributed by atoms with Gasteiger partial charge in [0.2, 0.25) is 0 Å². The molecule has 1 fully saturated rings. The van der Waals surface area contributed by atoms with E-state index < -0.39 is 24.3 Å². The molecule has 1 aliphatic rings. The van der Waals surface area contributed by atoms with Gasteiger partial charge < -0.3 is 25.2 Å². The molecule has 0 aromatic carbocycles. The summed E-state index contributed by atoms with van der Waals surface area (Å²) in [5, 5.41) is 34.6. The molecule has 0 aromatic rings. The summed E-state index contributed by atoms with van der Waals surface area (Å²) < 4.78 is 4.76. The molecule has 0 bridgehead atoms. The first-order valence-electron chi connectivity index (χ1n) is 6.16. The predicted molar refractivity (Wildman–Crippen MR) is 65.4 cm³/mol. The summed E-state index contributed by atoms with van der Waals surface area (Å²) in [6.45, 7) is 3.28. The van der Waals surface area contributed by atoms with Crippen LogP contribution in [0.4, 0.5) is 0 Å². The van der Waals surface area contributed by atoms with E-state index in [0.717, 1.165) is 0 Å². The Morgan fingerprint density at radius 1 is 1.47 bits per heavy atom. The SMILES string of the molecule is CC(O)C[C@@H](O)CC(=O)O.CC1C[C@@H](O)CC(=O)O1. The Morgan fingerprint density at radius 3 is 2.42 bits per heavy atom. The second-order valence-electron chi connectivity index (χ2n) is 4.73. The van der Waals surface area contributed by atoms with E-state index in [2.05, 4.69) is 0 Å². The Kier molecular flexibility index (Phi) is 8.29. The Labute approximate surface area is 111 Å². The molecule has 0 aliphatic carbocycles. The minimum atomic E-state index is -1.05. The minimum absolute atomic E-state index is 0.110. The Hall–Kier alpha value is -1.18. The minimum Gasteiger partial charge on any atom is -0.481 e. The van der Waals surface area contributed by atoms with Crippen molar-refractivity contribution in [1.29, 1.82) is 0 Å². The highest BCUT2D eigenvalue weighted by Gasteiger charge is 2.23. The summed E-state index contributed by atoms with van der Waals surface area (Å²) in [6, 6.07) is 0. The first kappa shape index (κ1) is 17.8. The molecule has 0 spiro atoms. The maximum absolute atomic E-state index is 10.5. The summed E-state index contributed by atoms with van der Waals surface area (Å²) in [5.41, 5.74) is 0. The number of carboxylic acids is 1. The smallest absolute Gasteiger partial charge is 0.308 e. The highest BCUT2D eigenvalue weighted by Crippen LogP contribution is 2.13. The number of aliphatic hydroxyl groups is 3. The van der Waals surface area contributed by atoms with Gasteiger partial charge in [0.25, 0.3) is 0 Å². The van der Waals surface area contributed by atoms with Gasteiger partial charge in [-0.25, -0.2) is 0 Å². The van der Waals surface area contributed by atoms with Gasteiger partial charge >= 0.3 is 11.9 Å². The number of esters is 1. The average Bonchev–Trinajstić information content (AvgIpc) is 2.12. The molecule has 0 amide bonds. The molecule has 1 rings (SSSR count). The number of hydrogen-bond acceptors (Lipinski definition) is 6. The van der Waals surface area contributed by atoms with Crippen molar-refractivity contribution in [3.8, 4) is 0 Å². The predicted octanol–water partition coefficient (Wildman–Crippen LogP) is -0.334. The number of aliphatic hydroxyl groups excluding tert-OH is 3. The summed E-state index contributed by atoms with van der Waals surface area (Å²) >= 11 is 0. The third kappa shape index (κ3) is 10.4. The van der Waals surface area contributed by atoms with Crippen LogP contribution in [0.1, 0.15) is 39.5 Å². The second kappa shape index (κ2) is 8.84. The van der Waals surface area contributed by atoms with E-state index in [1.807, 2.05) is 0 Å². The highest BCUT2D eigenvalue weighted by molar-refractivity contribution is 5.70. The number of aliphatic carboxylic acids is 1. The number of hydrogen-bond donors (Lipinski definition) is 4. The molecule has 4 atom stereocenters. The van der Waals surface area contributed by atoms with Crippen molar-refractivity contribution in [2.45, 2.75) is 63.9 Å². The lowest BCUT2D eigenvalue weighted by atomic mass is 10.1. The van der Waals surface area contributed by atoms with Crippen LogP contribution in [-0.4, -0.2) is 56.8 Å². The fraction of sp³-hybridized carbons (Fsp3) is 0.833. The molecule has 4 N–H and O–H groups in total.